The summed E-state index contributed by atoms with van der Waals surface area (Å²) in [5.74, 6) is -0.485. The molecule has 2 aromatic heterocycles. The number of pyridine rings is 1. The van der Waals surface area contributed by atoms with E-state index in [9.17, 15) is 4.79 Å². The molecule has 0 saturated heterocycles. The van der Waals surface area contributed by atoms with Gasteiger partial charge in [-0.2, -0.15) is 0 Å². The second-order valence-electron chi connectivity index (χ2n) is 3.08. The van der Waals surface area contributed by atoms with Crippen LogP contribution in [0, 0.1) is 0 Å². The first kappa shape index (κ1) is 9.39. The van der Waals surface area contributed by atoms with E-state index in [1.165, 1.54) is 6.20 Å². The number of hydrogen-bond acceptors (Lipinski definition) is 3. The Hall–Kier alpha value is -2.17. The average Bonchev–Trinajstić information content (AvgIpc) is 2.62. The van der Waals surface area contributed by atoms with Gasteiger partial charge in [0.1, 0.15) is 5.69 Å². The maximum atomic E-state index is 10.7. The molecule has 76 valence electrons. The number of carboxylic acid groups (broad SMARTS) is 1. The first-order valence-corrected chi connectivity index (χ1v) is 4.36. The maximum Gasteiger partial charge on any atom is 0.356 e. The predicted molar refractivity (Wildman–Crippen MR) is 53.4 cm³/mol. The minimum absolute atomic E-state index is 0.0261. The van der Waals surface area contributed by atoms with Crippen LogP contribution in [-0.4, -0.2) is 25.6 Å². The Balaban J connectivity index is 2.50. The smallest absolute Gasteiger partial charge is 0.356 e. The van der Waals surface area contributed by atoms with Crippen LogP contribution in [0.25, 0.3) is 11.5 Å². The van der Waals surface area contributed by atoms with E-state index in [1.807, 2.05) is 6.07 Å². The number of imidazole rings is 1. The van der Waals surface area contributed by atoms with Gasteiger partial charge in [0.15, 0.2) is 11.5 Å². The van der Waals surface area contributed by atoms with Gasteiger partial charge < -0.3 is 9.67 Å². The Morgan fingerprint density at radius 1 is 1.47 bits per heavy atom. The Kier molecular flexibility index (Phi) is 2.21. The maximum absolute atomic E-state index is 10.7. The fourth-order valence-electron chi connectivity index (χ4n) is 1.30. The molecule has 0 fully saturated rings. The lowest BCUT2D eigenvalue weighted by Crippen LogP contribution is -1.95. The van der Waals surface area contributed by atoms with Gasteiger partial charge in [-0.05, 0) is 12.1 Å². The van der Waals surface area contributed by atoms with Gasteiger partial charge in [-0.1, -0.05) is 6.07 Å². The van der Waals surface area contributed by atoms with Crippen molar-refractivity contribution in [1.29, 1.82) is 0 Å². The molecule has 0 aliphatic rings. The molecule has 5 nitrogen and oxygen atoms in total. The Morgan fingerprint density at radius 3 is 2.80 bits per heavy atom. The van der Waals surface area contributed by atoms with Crippen molar-refractivity contribution in [3.63, 3.8) is 0 Å². The van der Waals surface area contributed by atoms with Crippen molar-refractivity contribution in [2.24, 2.45) is 7.05 Å². The molecule has 2 heterocycles. The minimum atomic E-state index is -1.03. The van der Waals surface area contributed by atoms with Gasteiger partial charge in [-0.15, -0.1) is 0 Å². The summed E-state index contributed by atoms with van der Waals surface area (Å²) in [7, 11) is 1.74. The van der Waals surface area contributed by atoms with Crippen LogP contribution in [-0.2, 0) is 7.05 Å². The third kappa shape index (κ3) is 1.71. The van der Waals surface area contributed by atoms with Crippen molar-refractivity contribution in [2.75, 3.05) is 0 Å². The second kappa shape index (κ2) is 3.53. The Bertz CT molecular complexity index is 491. The third-order valence-corrected chi connectivity index (χ3v) is 1.99. The molecule has 2 rings (SSSR count). The number of carbonyl (C=O) groups is 1. The van der Waals surface area contributed by atoms with Crippen molar-refractivity contribution in [1.82, 2.24) is 14.5 Å². The normalized spacial score (nSPS) is 10.2. The molecule has 15 heavy (non-hydrogen) atoms. The molecule has 0 bridgehead atoms. The molecule has 0 saturated carbocycles. The largest absolute Gasteiger partial charge is 0.476 e. The summed E-state index contributed by atoms with van der Waals surface area (Å²) in [4.78, 5) is 18.8. The van der Waals surface area contributed by atoms with E-state index >= 15 is 0 Å². The van der Waals surface area contributed by atoms with Gasteiger partial charge in [0.2, 0.25) is 0 Å². The van der Waals surface area contributed by atoms with Crippen LogP contribution in [0.1, 0.15) is 10.5 Å². The predicted octanol–water partition coefficient (Wildman–Crippen LogP) is 1.18. The standard InChI is InChI=1S/C10H9N3O2/c1-13-6-8(10(14)15)12-9(13)7-4-2-3-5-11-7/h2-6H,1H3,(H,14,15). The molecule has 0 atom stereocenters. The minimum Gasteiger partial charge on any atom is -0.476 e. The molecule has 0 aliphatic carbocycles. The molecular weight excluding hydrogens is 194 g/mol. The number of aromatic carboxylic acids is 1. The molecule has 2 aromatic rings. The number of hydrogen-bond donors (Lipinski definition) is 1. The third-order valence-electron chi connectivity index (χ3n) is 1.99. The molecule has 0 aliphatic heterocycles. The number of rotatable bonds is 2. The van der Waals surface area contributed by atoms with Crippen molar-refractivity contribution < 1.29 is 9.90 Å². The lowest BCUT2D eigenvalue weighted by atomic mass is 10.3. The van der Waals surface area contributed by atoms with Crippen LogP contribution in [0.15, 0.2) is 30.6 Å². The zero-order valence-electron chi connectivity index (χ0n) is 8.08. The lowest BCUT2D eigenvalue weighted by Gasteiger charge is -1.98. The topological polar surface area (TPSA) is 68.0 Å². The number of aromatic nitrogens is 3. The van der Waals surface area contributed by atoms with E-state index < -0.39 is 5.97 Å². The first-order chi connectivity index (χ1) is 7.18. The van der Waals surface area contributed by atoms with Crippen molar-refractivity contribution in [3.05, 3.63) is 36.3 Å². The summed E-state index contributed by atoms with van der Waals surface area (Å²) in [6.07, 6.45) is 3.11. The van der Waals surface area contributed by atoms with Crippen LogP contribution in [0.2, 0.25) is 0 Å². The van der Waals surface area contributed by atoms with E-state index in [0.717, 1.165) is 0 Å². The summed E-state index contributed by atoms with van der Waals surface area (Å²) in [6, 6.07) is 5.41. The van der Waals surface area contributed by atoms with Crippen LogP contribution < -0.4 is 0 Å². The summed E-state index contributed by atoms with van der Waals surface area (Å²) >= 11 is 0. The van der Waals surface area contributed by atoms with Gasteiger partial charge in [0, 0.05) is 19.4 Å². The van der Waals surface area contributed by atoms with Gasteiger partial charge in [-0.25, -0.2) is 9.78 Å². The first-order valence-electron chi connectivity index (χ1n) is 4.36. The van der Waals surface area contributed by atoms with Crippen LogP contribution in [0.5, 0.6) is 0 Å². The molecule has 1 N–H and O–H groups in total. The van der Waals surface area contributed by atoms with Crippen LogP contribution >= 0.6 is 0 Å². The van der Waals surface area contributed by atoms with Crippen LogP contribution in [0.3, 0.4) is 0 Å². The van der Waals surface area contributed by atoms with E-state index in [4.69, 9.17) is 5.11 Å². The number of carboxylic acids is 1. The van der Waals surface area contributed by atoms with Crippen molar-refractivity contribution in [3.8, 4) is 11.5 Å². The molecule has 0 unspecified atom stereocenters. The zero-order chi connectivity index (χ0) is 10.8. The lowest BCUT2D eigenvalue weighted by molar-refractivity contribution is 0.0691. The molecular formula is C10H9N3O2. The van der Waals surface area contributed by atoms with Gasteiger partial charge >= 0.3 is 5.97 Å². The molecule has 5 heteroatoms. The SMILES string of the molecule is Cn1cc(C(=O)O)nc1-c1ccccn1. The van der Waals surface area contributed by atoms with E-state index in [0.29, 0.717) is 11.5 Å². The van der Waals surface area contributed by atoms with Gasteiger partial charge in [0.05, 0.1) is 0 Å². The van der Waals surface area contributed by atoms with E-state index in [2.05, 4.69) is 9.97 Å². The highest BCUT2D eigenvalue weighted by Gasteiger charge is 2.12. The summed E-state index contributed by atoms with van der Waals surface area (Å²) < 4.78 is 1.64. The van der Waals surface area contributed by atoms with Crippen molar-refractivity contribution >= 4 is 5.97 Å². The number of aryl methyl sites for hydroxylation is 1. The highest BCUT2D eigenvalue weighted by atomic mass is 16.4. The Labute approximate surface area is 86.0 Å². The highest BCUT2D eigenvalue weighted by Crippen LogP contribution is 2.14. The van der Waals surface area contributed by atoms with Gasteiger partial charge in [-0.3, -0.25) is 4.98 Å². The molecule has 0 spiro atoms. The van der Waals surface area contributed by atoms with Gasteiger partial charge in [0.25, 0.3) is 0 Å². The highest BCUT2D eigenvalue weighted by molar-refractivity contribution is 5.85. The van der Waals surface area contributed by atoms with Crippen molar-refractivity contribution in [2.45, 2.75) is 0 Å². The molecule has 0 aromatic carbocycles. The summed E-state index contributed by atoms with van der Waals surface area (Å²) in [5, 5.41) is 8.77. The van der Waals surface area contributed by atoms with E-state index in [-0.39, 0.29) is 5.69 Å². The quantitative estimate of drug-likeness (QED) is 0.795. The number of nitrogens with zero attached hydrogens (tertiary/aromatic N) is 3. The average molecular weight is 203 g/mol. The fourth-order valence-corrected chi connectivity index (χ4v) is 1.30. The monoisotopic (exact) mass is 203 g/mol. The molecule has 0 radical (unpaired) electrons. The van der Waals surface area contributed by atoms with E-state index in [1.54, 1.807) is 29.9 Å². The fraction of sp³-hybridized carbons (Fsp3) is 0.100. The Morgan fingerprint density at radius 2 is 2.27 bits per heavy atom. The second-order valence-corrected chi connectivity index (χ2v) is 3.08. The summed E-state index contributed by atoms with van der Waals surface area (Å²) in [5.41, 5.74) is 0.686. The molecule has 0 amide bonds. The summed E-state index contributed by atoms with van der Waals surface area (Å²) in [6.45, 7) is 0. The van der Waals surface area contributed by atoms with Crippen LogP contribution in [0.4, 0.5) is 0 Å². The zero-order valence-corrected chi connectivity index (χ0v) is 8.08.